The van der Waals surface area contributed by atoms with Gasteiger partial charge in [-0.3, -0.25) is 9.89 Å². The summed E-state index contributed by atoms with van der Waals surface area (Å²) in [4.78, 5) is 23.2. The van der Waals surface area contributed by atoms with Crippen molar-refractivity contribution in [1.82, 2.24) is 25.1 Å². The molecular weight excluding hydrogens is 418 g/mol. The van der Waals surface area contributed by atoms with E-state index in [0.717, 1.165) is 17.1 Å². The lowest BCUT2D eigenvalue weighted by Crippen LogP contribution is -2.42. The van der Waals surface area contributed by atoms with Crippen molar-refractivity contribution in [2.24, 2.45) is 0 Å². The molecule has 1 saturated heterocycles. The van der Waals surface area contributed by atoms with Crippen molar-refractivity contribution in [3.05, 3.63) is 70.0 Å². The molecule has 3 aromatic rings. The molecule has 1 aliphatic heterocycles. The standard InChI is InChI=1S/C22H24ClN5O3/c1-14-19(12-24-15(2)25-14)22(29)28-8-10-31-21(13-28)20-11-17(26-27-20)7-9-30-18-5-3-16(23)4-6-18/h3-6,11-12,21H,7-10,13H2,1-2H3,(H,26,27)/t21-/m0/s1. The molecule has 0 spiro atoms. The first kappa shape index (κ1) is 21.3. The van der Waals surface area contributed by atoms with Crippen LogP contribution in [0.1, 0.15) is 39.4 Å². The van der Waals surface area contributed by atoms with E-state index in [1.54, 1.807) is 23.2 Å². The summed E-state index contributed by atoms with van der Waals surface area (Å²) in [5.41, 5.74) is 2.92. The number of aryl methyl sites for hydroxylation is 2. The second-order valence-electron chi connectivity index (χ2n) is 7.40. The van der Waals surface area contributed by atoms with Crippen molar-refractivity contribution in [2.45, 2.75) is 26.4 Å². The van der Waals surface area contributed by atoms with Crippen molar-refractivity contribution in [3.63, 3.8) is 0 Å². The Bertz CT molecular complexity index is 1050. The normalized spacial score (nSPS) is 16.4. The SMILES string of the molecule is Cc1ncc(C(=O)N2CCO[C@H](c3cc(CCOc4ccc(Cl)cc4)[nH]n3)C2)c(C)n1. The first-order valence-electron chi connectivity index (χ1n) is 10.1. The molecule has 162 valence electrons. The van der Waals surface area contributed by atoms with Crippen molar-refractivity contribution in [2.75, 3.05) is 26.3 Å². The number of morpholine rings is 1. The summed E-state index contributed by atoms with van der Waals surface area (Å²) in [5, 5.41) is 8.10. The van der Waals surface area contributed by atoms with E-state index in [4.69, 9.17) is 21.1 Å². The van der Waals surface area contributed by atoms with Crippen LogP contribution in [0.25, 0.3) is 0 Å². The van der Waals surface area contributed by atoms with Gasteiger partial charge in [0.1, 0.15) is 17.7 Å². The van der Waals surface area contributed by atoms with E-state index in [1.807, 2.05) is 32.0 Å². The molecule has 0 bridgehead atoms. The van der Waals surface area contributed by atoms with Gasteiger partial charge in [0.15, 0.2) is 0 Å². The molecule has 1 fully saturated rings. The number of ether oxygens (including phenoxy) is 2. The van der Waals surface area contributed by atoms with Gasteiger partial charge in [0, 0.05) is 29.9 Å². The number of hydrogen-bond acceptors (Lipinski definition) is 6. The molecule has 4 rings (SSSR count). The zero-order valence-corrected chi connectivity index (χ0v) is 18.2. The quantitative estimate of drug-likeness (QED) is 0.630. The van der Waals surface area contributed by atoms with E-state index in [0.29, 0.717) is 54.8 Å². The number of nitrogens with one attached hydrogen (secondary N) is 1. The Balaban J connectivity index is 1.34. The number of H-pyrrole nitrogens is 1. The van der Waals surface area contributed by atoms with E-state index >= 15 is 0 Å². The summed E-state index contributed by atoms with van der Waals surface area (Å²) in [5.74, 6) is 1.33. The minimum atomic E-state index is -0.286. The lowest BCUT2D eigenvalue weighted by molar-refractivity contribution is -0.0248. The van der Waals surface area contributed by atoms with Crippen LogP contribution in [0.2, 0.25) is 5.02 Å². The summed E-state index contributed by atoms with van der Waals surface area (Å²) in [6.45, 7) is 5.54. The fourth-order valence-corrected chi connectivity index (χ4v) is 3.58. The Hall–Kier alpha value is -2.97. The van der Waals surface area contributed by atoms with Gasteiger partial charge < -0.3 is 14.4 Å². The van der Waals surface area contributed by atoms with E-state index in [9.17, 15) is 4.79 Å². The molecule has 0 saturated carbocycles. The summed E-state index contributed by atoms with van der Waals surface area (Å²) in [7, 11) is 0. The zero-order chi connectivity index (χ0) is 21.8. The van der Waals surface area contributed by atoms with Crippen LogP contribution in [0.5, 0.6) is 5.75 Å². The molecule has 31 heavy (non-hydrogen) atoms. The van der Waals surface area contributed by atoms with Gasteiger partial charge in [-0.1, -0.05) is 11.6 Å². The smallest absolute Gasteiger partial charge is 0.257 e. The lowest BCUT2D eigenvalue weighted by atomic mass is 10.1. The highest BCUT2D eigenvalue weighted by atomic mass is 35.5. The lowest BCUT2D eigenvalue weighted by Gasteiger charge is -2.32. The molecule has 2 aromatic heterocycles. The van der Waals surface area contributed by atoms with Crippen LogP contribution in [0.4, 0.5) is 0 Å². The van der Waals surface area contributed by atoms with Gasteiger partial charge in [-0.05, 0) is 44.2 Å². The Kier molecular flexibility index (Phi) is 6.48. The summed E-state index contributed by atoms with van der Waals surface area (Å²) in [6, 6.07) is 9.22. The summed E-state index contributed by atoms with van der Waals surface area (Å²) in [6.07, 6.45) is 1.98. The molecule has 1 N–H and O–H groups in total. The summed E-state index contributed by atoms with van der Waals surface area (Å²) >= 11 is 5.89. The fraction of sp³-hybridized carbons (Fsp3) is 0.364. The summed E-state index contributed by atoms with van der Waals surface area (Å²) < 4.78 is 11.6. The monoisotopic (exact) mass is 441 g/mol. The molecule has 0 radical (unpaired) electrons. The molecule has 0 unspecified atom stereocenters. The molecule has 1 aromatic carbocycles. The number of benzene rings is 1. The number of aromatic nitrogens is 4. The number of rotatable bonds is 6. The molecule has 1 aliphatic rings. The number of carbonyl (C=O) groups is 1. The van der Waals surface area contributed by atoms with Crippen molar-refractivity contribution >= 4 is 17.5 Å². The van der Waals surface area contributed by atoms with Crippen LogP contribution in [0, 0.1) is 13.8 Å². The predicted molar refractivity (Wildman–Crippen MR) is 115 cm³/mol. The molecule has 0 aliphatic carbocycles. The maximum atomic E-state index is 12.9. The average Bonchev–Trinajstić information content (AvgIpc) is 3.24. The zero-order valence-electron chi connectivity index (χ0n) is 17.5. The number of amides is 1. The fourth-order valence-electron chi connectivity index (χ4n) is 3.46. The largest absolute Gasteiger partial charge is 0.493 e. The molecular formula is C22H24ClN5O3. The van der Waals surface area contributed by atoms with Crippen molar-refractivity contribution < 1.29 is 14.3 Å². The van der Waals surface area contributed by atoms with Crippen LogP contribution in [-0.4, -0.2) is 57.3 Å². The predicted octanol–water partition coefficient (Wildman–Crippen LogP) is 3.31. The number of carbonyl (C=O) groups excluding carboxylic acids is 1. The average molecular weight is 442 g/mol. The topological polar surface area (TPSA) is 93.2 Å². The second kappa shape index (κ2) is 9.45. The van der Waals surface area contributed by atoms with Crippen LogP contribution < -0.4 is 4.74 Å². The molecule has 8 nitrogen and oxygen atoms in total. The number of hydrogen-bond donors (Lipinski definition) is 1. The second-order valence-corrected chi connectivity index (χ2v) is 7.83. The Labute approximate surface area is 185 Å². The van der Waals surface area contributed by atoms with Gasteiger partial charge in [-0.15, -0.1) is 0 Å². The van der Waals surface area contributed by atoms with Crippen LogP contribution in [-0.2, 0) is 11.2 Å². The molecule has 9 heteroatoms. The minimum absolute atomic E-state index is 0.0853. The number of halogens is 1. The van der Waals surface area contributed by atoms with Crippen molar-refractivity contribution in [3.8, 4) is 5.75 Å². The van der Waals surface area contributed by atoms with Gasteiger partial charge >= 0.3 is 0 Å². The van der Waals surface area contributed by atoms with Crippen LogP contribution in [0.3, 0.4) is 0 Å². The third-order valence-electron chi connectivity index (χ3n) is 5.12. The minimum Gasteiger partial charge on any atom is -0.493 e. The van der Waals surface area contributed by atoms with Gasteiger partial charge in [0.25, 0.3) is 5.91 Å². The Morgan fingerprint density at radius 3 is 2.90 bits per heavy atom. The van der Waals surface area contributed by atoms with E-state index in [2.05, 4.69) is 20.2 Å². The van der Waals surface area contributed by atoms with E-state index < -0.39 is 0 Å². The first-order valence-corrected chi connectivity index (χ1v) is 10.5. The first-order chi connectivity index (χ1) is 15.0. The van der Waals surface area contributed by atoms with Crippen LogP contribution >= 0.6 is 11.6 Å². The van der Waals surface area contributed by atoms with Gasteiger partial charge in [0.05, 0.1) is 36.7 Å². The molecule has 1 amide bonds. The number of aromatic amines is 1. The maximum absolute atomic E-state index is 12.9. The highest BCUT2D eigenvalue weighted by Crippen LogP contribution is 2.23. The Morgan fingerprint density at radius 1 is 1.32 bits per heavy atom. The maximum Gasteiger partial charge on any atom is 0.257 e. The van der Waals surface area contributed by atoms with Gasteiger partial charge in [-0.2, -0.15) is 5.10 Å². The van der Waals surface area contributed by atoms with E-state index in [1.165, 1.54) is 0 Å². The van der Waals surface area contributed by atoms with E-state index in [-0.39, 0.29) is 12.0 Å². The van der Waals surface area contributed by atoms with Gasteiger partial charge in [-0.25, -0.2) is 9.97 Å². The molecule has 1 atom stereocenters. The van der Waals surface area contributed by atoms with Crippen LogP contribution in [0.15, 0.2) is 36.5 Å². The van der Waals surface area contributed by atoms with Crippen molar-refractivity contribution in [1.29, 1.82) is 0 Å². The highest BCUT2D eigenvalue weighted by Gasteiger charge is 2.28. The third kappa shape index (κ3) is 5.21. The Morgan fingerprint density at radius 2 is 2.13 bits per heavy atom. The molecule has 3 heterocycles. The third-order valence-corrected chi connectivity index (χ3v) is 5.37. The number of nitrogens with zero attached hydrogens (tertiary/aromatic N) is 4. The highest BCUT2D eigenvalue weighted by molar-refractivity contribution is 6.30. The van der Waals surface area contributed by atoms with Gasteiger partial charge in [0.2, 0.25) is 0 Å².